The summed E-state index contributed by atoms with van der Waals surface area (Å²) in [4.78, 5) is 11.7. The van der Waals surface area contributed by atoms with E-state index in [1.165, 1.54) is 6.26 Å². The van der Waals surface area contributed by atoms with Crippen LogP contribution in [0.4, 0.5) is 0 Å². The molecule has 0 aliphatic carbocycles. The first-order valence-electron chi connectivity index (χ1n) is 4.75. The van der Waals surface area contributed by atoms with Crippen LogP contribution in [0.1, 0.15) is 38.2 Å². The molecule has 1 rings (SSSR count). The zero-order valence-electron chi connectivity index (χ0n) is 9.53. The average Bonchev–Trinajstić information content (AvgIpc) is 2.51. The van der Waals surface area contributed by atoms with Gasteiger partial charge in [-0.3, -0.25) is 4.79 Å². The van der Waals surface area contributed by atoms with Gasteiger partial charge < -0.3 is 9.73 Å². The van der Waals surface area contributed by atoms with Crippen molar-refractivity contribution in [3.05, 3.63) is 24.2 Å². The minimum Gasteiger partial charge on any atom is -0.461 e. The number of nitrogens with one attached hydrogen (secondary N) is 1. The number of furan rings is 1. The first-order chi connectivity index (χ1) is 6.40. The molecule has 0 saturated carbocycles. The van der Waals surface area contributed by atoms with Gasteiger partial charge in [-0.15, -0.1) is 12.4 Å². The van der Waals surface area contributed by atoms with Gasteiger partial charge in [0.15, 0.2) is 5.76 Å². The van der Waals surface area contributed by atoms with Gasteiger partial charge in [0.05, 0.1) is 12.3 Å². The smallest absolute Gasteiger partial charge is 0.214 e. The minimum absolute atomic E-state index is 0. The summed E-state index contributed by atoms with van der Waals surface area (Å²) in [6, 6.07) is 3.18. The van der Waals surface area contributed by atoms with Crippen LogP contribution in [0.15, 0.2) is 22.8 Å². The first-order valence-corrected chi connectivity index (χ1v) is 4.75. The van der Waals surface area contributed by atoms with E-state index in [0.29, 0.717) is 5.76 Å². The maximum atomic E-state index is 11.7. The Morgan fingerprint density at radius 3 is 2.47 bits per heavy atom. The molecule has 0 spiro atoms. The van der Waals surface area contributed by atoms with Gasteiger partial charge in [0, 0.05) is 5.54 Å². The number of Topliss-reactive ketones (excluding diaryl/α,β-unsaturated/α-hetero) is 1. The van der Waals surface area contributed by atoms with Crippen LogP contribution in [0.25, 0.3) is 0 Å². The zero-order valence-corrected chi connectivity index (χ0v) is 10.4. The summed E-state index contributed by atoms with van der Waals surface area (Å²) in [5.41, 5.74) is -0.0678. The predicted molar refractivity (Wildman–Crippen MR) is 62.6 cm³/mol. The molecule has 0 radical (unpaired) electrons. The molecule has 0 aliphatic rings. The van der Waals surface area contributed by atoms with Crippen molar-refractivity contribution in [2.24, 2.45) is 0 Å². The van der Waals surface area contributed by atoms with E-state index in [2.05, 4.69) is 5.32 Å². The summed E-state index contributed by atoms with van der Waals surface area (Å²) in [6.45, 7) is 7.92. The maximum absolute atomic E-state index is 11.7. The molecule has 1 N–H and O–H groups in total. The Kier molecular flexibility index (Phi) is 5.05. The molecule has 15 heavy (non-hydrogen) atoms. The summed E-state index contributed by atoms with van der Waals surface area (Å²) >= 11 is 0. The highest BCUT2D eigenvalue weighted by Crippen LogP contribution is 2.08. The summed E-state index contributed by atoms with van der Waals surface area (Å²) in [6.07, 6.45) is 1.51. The van der Waals surface area contributed by atoms with Crippen molar-refractivity contribution in [3.8, 4) is 0 Å². The Morgan fingerprint density at radius 1 is 1.47 bits per heavy atom. The molecule has 4 heteroatoms. The van der Waals surface area contributed by atoms with Gasteiger partial charge in [-0.2, -0.15) is 0 Å². The quantitative estimate of drug-likeness (QED) is 0.814. The number of hydrogen-bond donors (Lipinski definition) is 1. The molecule has 3 nitrogen and oxygen atoms in total. The van der Waals surface area contributed by atoms with Crippen molar-refractivity contribution >= 4 is 18.2 Å². The van der Waals surface area contributed by atoms with E-state index in [1.54, 1.807) is 12.1 Å². The molecule has 0 aliphatic heterocycles. The number of carbonyl (C=O) groups is 1. The molecule has 0 bridgehead atoms. The highest BCUT2D eigenvalue weighted by molar-refractivity contribution is 5.97. The molecule has 1 aromatic rings. The largest absolute Gasteiger partial charge is 0.461 e. The van der Waals surface area contributed by atoms with Gasteiger partial charge in [0.2, 0.25) is 5.78 Å². The fourth-order valence-corrected chi connectivity index (χ4v) is 1.35. The summed E-state index contributed by atoms with van der Waals surface area (Å²) < 4.78 is 5.04. The minimum atomic E-state index is -0.221. The second-order valence-corrected chi connectivity index (χ2v) is 4.46. The molecule has 0 saturated heterocycles. The van der Waals surface area contributed by atoms with Gasteiger partial charge in [-0.05, 0) is 39.8 Å². The topological polar surface area (TPSA) is 42.2 Å². The Morgan fingerprint density at radius 2 is 2.07 bits per heavy atom. The molecule has 86 valence electrons. The average molecular weight is 232 g/mol. The third-order valence-corrected chi connectivity index (χ3v) is 1.81. The van der Waals surface area contributed by atoms with Crippen molar-refractivity contribution in [1.29, 1.82) is 0 Å². The fraction of sp³-hybridized carbons (Fsp3) is 0.545. The lowest BCUT2D eigenvalue weighted by atomic mass is 10.1. The lowest BCUT2D eigenvalue weighted by Crippen LogP contribution is -2.45. The van der Waals surface area contributed by atoms with Crippen molar-refractivity contribution < 1.29 is 9.21 Å². The lowest BCUT2D eigenvalue weighted by molar-refractivity contribution is 0.0908. The van der Waals surface area contributed by atoms with Crippen molar-refractivity contribution in [2.45, 2.75) is 39.3 Å². The Balaban J connectivity index is 0.00000196. The first kappa shape index (κ1) is 14.2. The Hall–Kier alpha value is -0.800. The van der Waals surface area contributed by atoms with E-state index in [0.717, 1.165) is 0 Å². The van der Waals surface area contributed by atoms with E-state index in [9.17, 15) is 4.79 Å². The number of ketones is 1. The number of halogens is 1. The molecule has 1 heterocycles. The molecule has 1 aromatic heterocycles. The van der Waals surface area contributed by atoms with Gasteiger partial charge in [-0.1, -0.05) is 0 Å². The van der Waals surface area contributed by atoms with Crippen LogP contribution in [0, 0.1) is 0 Å². The molecular weight excluding hydrogens is 214 g/mol. The molecule has 0 amide bonds. The normalized spacial score (nSPS) is 13.1. The lowest BCUT2D eigenvalue weighted by Gasteiger charge is -2.24. The maximum Gasteiger partial charge on any atom is 0.214 e. The Bertz CT molecular complexity index is 301. The van der Waals surface area contributed by atoms with E-state index in [-0.39, 0.29) is 29.8 Å². The second-order valence-electron chi connectivity index (χ2n) is 4.46. The monoisotopic (exact) mass is 231 g/mol. The summed E-state index contributed by atoms with van der Waals surface area (Å²) in [7, 11) is 0. The standard InChI is InChI=1S/C11H17NO2.ClH/c1-8(12-11(2,3)4)10(13)9-6-5-7-14-9;/h5-8,12H,1-4H3;1H. The van der Waals surface area contributed by atoms with Crippen LogP contribution in [0.5, 0.6) is 0 Å². The summed E-state index contributed by atoms with van der Waals surface area (Å²) in [5.74, 6) is 0.402. The third kappa shape index (κ3) is 4.49. The van der Waals surface area contributed by atoms with Crippen LogP contribution < -0.4 is 5.32 Å². The van der Waals surface area contributed by atoms with Crippen LogP contribution >= 0.6 is 12.4 Å². The number of carbonyl (C=O) groups excluding carboxylic acids is 1. The van der Waals surface area contributed by atoms with Crippen molar-refractivity contribution in [3.63, 3.8) is 0 Å². The van der Waals surface area contributed by atoms with E-state index < -0.39 is 0 Å². The zero-order chi connectivity index (χ0) is 10.8. The van der Waals surface area contributed by atoms with Crippen LogP contribution in [-0.4, -0.2) is 17.4 Å². The van der Waals surface area contributed by atoms with Crippen LogP contribution in [-0.2, 0) is 0 Å². The predicted octanol–water partition coefficient (Wildman–Crippen LogP) is 2.66. The van der Waals surface area contributed by atoms with Crippen molar-refractivity contribution in [1.82, 2.24) is 5.32 Å². The van der Waals surface area contributed by atoms with E-state index in [1.807, 2.05) is 27.7 Å². The third-order valence-electron chi connectivity index (χ3n) is 1.81. The van der Waals surface area contributed by atoms with Gasteiger partial charge in [0.25, 0.3) is 0 Å². The SMILES string of the molecule is CC(NC(C)(C)C)C(=O)c1ccco1.Cl. The van der Waals surface area contributed by atoms with Gasteiger partial charge in [-0.25, -0.2) is 0 Å². The molecular formula is C11H18ClNO2. The van der Waals surface area contributed by atoms with Crippen LogP contribution in [0.2, 0.25) is 0 Å². The van der Waals surface area contributed by atoms with Gasteiger partial charge >= 0.3 is 0 Å². The fourth-order valence-electron chi connectivity index (χ4n) is 1.35. The molecule has 0 aromatic carbocycles. The second kappa shape index (κ2) is 5.33. The molecule has 0 fully saturated rings. The van der Waals surface area contributed by atoms with Crippen LogP contribution in [0.3, 0.4) is 0 Å². The molecule has 1 atom stereocenters. The summed E-state index contributed by atoms with van der Waals surface area (Å²) in [5, 5.41) is 3.20. The van der Waals surface area contributed by atoms with E-state index in [4.69, 9.17) is 4.42 Å². The van der Waals surface area contributed by atoms with Crippen molar-refractivity contribution in [2.75, 3.05) is 0 Å². The van der Waals surface area contributed by atoms with E-state index >= 15 is 0 Å². The Labute approximate surface area is 96.6 Å². The highest BCUT2D eigenvalue weighted by Gasteiger charge is 2.21. The highest BCUT2D eigenvalue weighted by atomic mass is 35.5. The number of hydrogen-bond acceptors (Lipinski definition) is 3. The van der Waals surface area contributed by atoms with Gasteiger partial charge in [0.1, 0.15) is 0 Å². The number of rotatable bonds is 3. The molecule has 1 unspecified atom stereocenters.